The van der Waals surface area contributed by atoms with Crippen molar-refractivity contribution in [1.29, 1.82) is 0 Å². The van der Waals surface area contributed by atoms with Crippen LogP contribution in [0.3, 0.4) is 0 Å². The second-order valence-electron chi connectivity index (χ2n) is 4.49. The van der Waals surface area contributed by atoms with E-state index in [0.29, 0.717) is 22.0 Å². The largest absolute Gasteiger partial charge is 0.476 e. The molecule has 110 valence electrons. The molecule has 0 unspecified atom stereocenters. The normalized spacial score (nSPS) is 10.6. The fraction of sp³-hybridized carbons (Fsp3) is 0. The van der Waals surface area contributed by atoms with Crippen LogP contribution in [0.5, 0.6) is 0 Å². The predicted octanol–water partition coefficient (Wildman–Crippen LogP) is 4.05. The molecule has 0 saturated carbocycles. The van der Waals surface area contributed by atoms with Gasteiger partial charge in [0.15, 0.2) is 5.69 Å². The molecule has 3 rings (SSSR count). The van der Waals surface area contributed by atoms with E-state index in [9.17, 15) is 9.90 Å². The first kappa shape index (κ1) is 14.7. The smallest absolute Gasteiger partial charge is 0.358 e. The summed E-state index contributed by atoms with van der Waals surface area (Å²) in [5.74, 6) is -1.14. The Morgan fingerprint density at radius 1 is 1.18 bits per heavy atom. The van der Waals surface area contributed by atoms with Crippen molar-refractivity contribution in [3.63, 3.8) is 0 Å². The Balaban J connectivity index is 2.26. The molecule has 0 radical (unpaired) electrons. The van der Waals surface area contributed by atoms with Gasteiger partial charge < -0.3 is 5.11 Å². The molecule has 0 aliphatic heterocycles. The van der Waals surface area contributed by atoms with E-state index in [-0.39, 0.29) is 5.69 Å². The molecule has 0 saturated heterocycles. The molecule has 0 aliphatic rings. The second kappa shape index (κ2) is 5.90. The van der Waals surface area contributed by atoms with E-state index in [1.165, 1.54) is 4.68 Å². The van der Waals surface area contributed by atoms with Crippen LogP contribution in [0, 0.1) is 0 Å². The van der Waals surface area contributed by atoms with Crippen LogP contribution in [0.2, 0.25) is 5.02 Å². The number of benzene rings is 2. The third-order valence-electron chi connectivity index (χ3n) is 3.02. The molecule has 1 N–H and O–H groups in total. The van der Waals surface area contributed by atoms with E-state index >= 15 is 0 Å². The average molecular weight is 379 g/mol. The zero-order valence-corrected chi connectivity index (χ0v) is 13.4. The van der Waals surface area contributed by atoms with Crippen molar-refractivity contribution in [1.82, 2.24) is 15.0 Å². The summed E-state index contributed by atoms with van der Waals surface area (Å²) in [6, 6.07) is 14.3. The van der Waals surface area contributed by atoms with Crippen molar-refractivity contribution < 1.29 is 9.90 Å². The number of carbonyl (C=O) groups is 1. The third kappa shape index (κ3) is 2.75. The summed E-state index contributed by atoms with van der Waals surface area (Å²) < 4.78 is 2.34. The zero-order chi connectivity index (χ0) is 15.7. The molecule has 7 heteroatoms. The van der Waals surface area contributed by atoms with Gasteiger partial charge in [0.05, 0.1) is 5.69 Å². The summed E-state index contributed by atoms with van der Waals surface area (Å²) in [5.41, 5.74) is 1.59. The minimum atomic E-state index is -1.14. The maximum atomic E-state index is 11.4. The van der Waals surface area contributed by atoms with Crippen molar-refractivity contribution >= 4 is 33.5 Å². The molecule has 0 amide bonds. The molecule has 0 atom stereocenters. The molecule has 0 bridgehead atoms. The van der Waals surface area contributed by atoms with Gasteiger partial charge in [-0.3, -0.25) is 0 Å². The van der Waals surface area contributed by atoms with Crippen LogP contribution in [0.4, 0.5) is 0 Å². The first-order valence-corrected chi connectivity index (χ1v) is 7.44. The minimum Gasteiger partial charge on any atom is -0.476 e. The molecule has 5 nitrogen and oxygen atoms in total. The van der Waals surface area contributed by atoms with Crippen molar-refractivity contribution in [2.75, 3.05) is 0 Å². The molecule has 3 aromatic rings. The van der Waals surface area contributed by atoms with Gasteiger partial charge in [-0.25, -0.2) is 9.48 Å². The van der Waals surface area contributed by atoms with E-state index in [1.807, 2.05) is 24.3 Å². The summed E-state index contributed by atoms with van der Waals surface area (Å²) in [5, 5.41) is 17.6. The molecule has 2 aromatic carbocycles. The van der Waals surface area contributed by atoms with Crippen LogP contribution in [0.25, 0.3) is 16.9 Å². The maximum absolute atomic E-state index is 11.4. The number of carboxylic acid groups (broad SMARTS) is 1. The van der Waals surface area contributed by atoms with Gasteiger partial charge in [0.25, 0.3) is 0 Å². The summed E-state index contributed by atoms with van der Waals surface area (Å²) in [7, 11) is 0. The van der Waals surface area contributed by atoms with Crippen LogP contribution in [-0.2, 0) is 0 Å². The predicted molar refractivity (Wildman–Crippen MR) is 86.5 cm³/mol. The van der Waals surface area contributed by atoms with Gasteiger partial charge >= 0.3 is 5.97 Å². The fourth-order valence-corrected chi connectivity index (χ4v) is 2.69. The third-order valence-corrected chi connectivity index (χ3v) is 3.75. The number of hydrogen-bond donors (Lipinski definition) is 1. The monoisotopic (exact) mass is 377 g/mol. The van der Waals surface area contributed by atoms with Gasteiger partial charge in [0.2, 0.25) is 0 Å². The molecule has 0 fully saturated rings. The van der Waals surface area contributed by atoms with E-state index in [1.54, 1.807) is 24.3 Å². The summed E-state index contributed by atoms with van der Waals surface area (Å²) >= 11 is 9.40. The molecular weight excluding hydrogens is 370 g/mol. The summed E-state index contributed by atoms with van der Waals surface area (Å²) in [6.45, 7) is 0. The lowest BCUT2D eigenvalue weighted by Gasteiger charge is -2.08. The maximum Gasteiger partial charge on any atom is 0.358 e. The van der Waals surface area contributed by atoms with Gasteiger partial charge in [-0.05, 0) is 30.3 Å². The fourth-order valence-electron chi connectivity index (χ4n) is 2.11. The van der Waals surface area contributed by atoms with Gasteiger partial charge in [0, 0.05) is 15.1 Å². The van der Waals surface area contributed by atoms with Crippen LogP contribution in [-0.4, -0.2) is 26.1 Å². The lowest BCUT2D eigenvalue weighted by Crippen LogP contribution is -2.03. The lowest BCUT2D eigenvalue weighted by molar-refractivity contribution is 0.0691. The van der Waals surface area contributed by atoms with Gasteiger partial charge in [0.1, 0.15) is 5.69 Å². The Morgan fingerprint density at radius 3 is 2.64 bits per heavy atom. The zero-order valence-electron chi connectivity index (χ0n) is 11.1. The van der Waals surface area contributed by atoms with Crippen molar-refractivity contribution in [3.8, 4) is 16.9 Å². The van der Waals surface area contributed by atoms with Gasteiger partial charge in [-0.1, -0.05) is 50.9 Å². The number of hydrogen-bond acceptors (Lipinski definition) is 3. The first-order chi connectivity index (χ1) is 10.6. The number of halogens is 2. The summed E-state index contributed by atoms with van der Waals surface area (Å²) in [6.07, 6.45) is 0. The quantitative estimate of drug-likeness (QED) is 0.746. The highest BCUT2D eigenvalue weighted by atomic mass is 79.9. The minimum absolute atomic E-state index is 0.123. The number of nitrogens with zero attached hydrogens (tertiary/aromatic N) is 3. The highest BCUT2D eigenvalue weighted by molar-refractivity contribution is 9.10. The molecule has 1 heterocycles. The van der Waals surface area contributed by atoms with Gasteiger partial charge in [-0.2, -0.15) is 0 Å². The van der Waals surface area contributed by atoms with Crippen molar-refractivity contribution in [3.05, 3.63) is 63.7 Å². The van der Waals surface area contributed by atoms with Crippen molar-refractivity contribution in [2.45, 2.75) is 0 Å². The highest BCUT2D eigenvalue weighted by Gasteiger charge is 2.21. The van der Waals surface area contributed by atoms with E-state index < -0.39 is 5.97 Å². The van der Waals surface area contributed by atoms with Crippen LogP contribution >= 0.6 is 27.5 Å². The van der Waals surface area contributed by atoms with Crippen LogP contribution < -0.4 is 0 Å². The average Bonchev–Trinajstić information content (AvgIpc) is 2.92. The van der Waals surface area contributed by atoms with Gasteiger partial charge in [-0.15, -0.1) is 5.10 Å². The molecule has 1 aromatic heterocycles. The Bertz CT molecular complexity index is 863. The Morgan fingerprint density at radius 2 is 1.95 bits per heavy atom. The Labute approximate surface area is 139 Å². The second-order valence-corrected chi connectivity index (χ2v) is 5.85. The Kier molecular flexibility index (Phi) is 3.96. The lowest BCUT2D eigenvalue weighted by atomic mass is 10.1. The van der Waals surface area contributed by atoms with Crippen LogP contribution in [0.15, 0.2) is 53.0 Å². The topological polar surface area (TPSA) is 68.0 Å². The Hall–Kier alpha value is -2.18. The number of carboxylic acids is 1. The molecular formula is C15H9BrClN3O2. The highest BCUT2D eigenvalue weighted by Crippen LogP contribution is 2.28. The number of aromatic carboxylic acids is 1. The molecule has 0 aliphatic carbocycles. The number of aromatic nitrogens is 3. The SMILES string of the molecule is O=C(O)c1nnn(-c2cccc(Br)c2)c1-c1cccc(Cl)c1. The van der Waals surface area contributed by atoms with E-state index in [4.69, 9.17) is 11.6 Å². The van der Waals surface area contributed by atoms with Crippen molar-refractivity contribution in [2.24, 2.45) is 0 Å². The first-order valence-electron chi connectivity index (χ1n) is 6.27. The van der Waals surface area contributed by atoms with Crippen LogP contribution in [0.1, 0.15) is 10.5 Å². The van der Waals surface area contributed by atoms with E-state index in [0.717, 1.165) is 4.47 Å². The molecule has 22 heavy (non-hydrogen) atoms. The number of rotatable bonds is 3. The van der Waals surface area contributed by atoms with E-state index in [2.05, 4.69) is 26.2 Å². The molecule has 0 spiro atoms. The summed E-state index contributed by atoms with van der Waals surface area (Å²) in [4.78, 5) is 11.4. The standard InChI is InChI=1S/C15H9BrClN3O2/c16-10-4-2-6-12(8-10)20-14(13(15(21)22)18-19-20)9-3-1-5-11(17)7-9/h1-8H,(H,21,22).